The predicted octanol–water partition coefficient (Wildman–Crippen LogP) is 2.01. The van der Waals surface area contributed by atoms with Crippen molar-refractivity contribution in [3.8, 4) is 0 Å². The molecular formula is C23H30F3N5O3. The average Bonchev–Trinajstić information content (AvgIpc) is 3.18. The number of hydrogen-bond donors (Lipinski definition) is 2. The summed E-state index contributed by atoms with van der Waals surface area (Å²) in [5.74, 6) is -1.26. The number of aromatic nitrogens is 2. The van der Waals surface area contributed by atoms with Gasteiger partial charge in [0.2, 0.25) is 17.6 Å². The number of nitrogens with one attached hydrogen (secondary N) is 1. The molecule has 2 amide bonds. The van der Waals surface area contributed by atoms with Crippen LogP contribution >= 0.6 is 0 Å². The van der Waals surface area contributed by atoms with E-state index in [9.17, 15) is 27.9 Å². The number of carbonyl (C=O) groups excluding carboxylic acids is 2. The third-order valence-corrected chi connectivity index (χ3v) is 6.90. The zero-order chi connectivity index (χ0) is 24.5. The second kappa shape index (κ2) is 9.91. The number of piperazine rings is 1. The van der Waals surface area contributed by atoms with Crippen molar-refractivity contribution in [2.24, 2.45) is 0 Å². The first-order valence-corrected chi connectivity index (χ1v) is 11.6. The number of amides is 2. The molecule has 0 spiro atoms. The van der Waals surface area contributed by atoms with Crippen LogP contribution in [0.25, 0.3) is 11.0 Å². The third kappa shape index (κ3) is 5.05. The molecule has 2 fully saturated rings. The van der Waals surface area contributed by atoms with Gasteiger partial charge in [-0.25, -0.2) is 4.98 Å². The Kier molecular flexibility index (Phi) is 7.13. The Balaban J connectivity index is 1.38. The first kappa shape index (κ1) is 24.5. The minimum absolute atomic E-state index is 0.00761. The molecule has 34 heavy (non-hydrogen) atoms. The number of aryl methyl sites for hydroxylation is 1. The number of imidazole rings is 1. The zero-order valence-corrected chi connectivity index (χ0v) is 19.1. The van der Waals surface area contributed by atoms with Gasteiger partial charge in [-0.3, -0.25) is 14.5 Å². The van der Waals surface area contributed by atoms with E-state index in [1.165, 1.54) is 11.0 Å². The van der Waals surface area contributed by atoms with Crippen LogP contribution in [0.2, 0.25) is 0 Å². The fourth-order valence-corrected chi connectivity index (χ4v) is 5.16. The Labute approximate surface area is 195 Å². The summed E-state index contributed by atoms with van der Waals surface area (Å²) in [6.07, 6.45) is -2.90. The fraction of sp³-hybridized carbons (Fsp3) is 0.609. The topological polar surface area (TPSA) is 90.7 Å². The molecule has 0 radical (unpaired) electrons. The van der Waals surface area contributed by atoms with E-state index in [0.29, 0.717) is 25.0 Å². The van der Waals surface area contributed by atoms with Crippen LogP contribution in [0.3, 0.4) is 0 Å². The standard InChI is InChI=1S/C23H30F3N5O3/c1-29(17-8-4-9-18(21(17)34)30-13-11-27-19(32)14-30)20(33)10-5-12-31-16-7-3-2-6-15(16)28-22(31)23(24,25)26/h2-3,6-7,17-18,21,34H,4-5,8-14H2,1H3,(H,27,32)/t17-,18-,21-/m1/s1. The van der Waals surface area contributed by atoms with Crippen molar-refractivity contribution >= 4 is 22.8 Å². The van der Waals surface area contributed by atoms with Crippen molar-refractivity contribution in [2.75, 3.05) is 26.7 Å². The molecule has 3 atom stereocenters. The van der Waals surface area contributed by atoms with Crippen LogP contribution in [0.15, 0.2) is 24.3 Å². The highest BCUT2D eigenvalue weighted by Gasteiger charge is 2.40. The fourth-order valence-electron chi connectivity index (χ4n) is 5.16. The smallest absolute Gasteiger partial charge is 0.389 e. The molecule has 1 saturated carbocycles. The molecule has 0 unspecified atom stereocenters. The van der Waals surface area contributed by atoms with Crippen LogP contribution in [0, 0.1) is 0 Å². The lowest BCUT2D eigenvalue weighted by Gasteiger charge is -2.45. The van der Waals surface area contributed by atoms with E-state index in [0.717, 1.165) is 17.4 Å². The molecular weight excluding hydrogens is 451 g/mol. The van der Waals surface area contributed by atoms with E-state index in [-0.39, 0.29) is 49.3 Å². The van der Waals surface area contributed by atoms with Gasteiger partial charge in [0.1, 0.15) is 0 Å². The van der Waals surface area contributed by atoms with Crippen LogP contribution in [-0.2, 0) is 22.3 Å². The number of para-hydroxylation sites is 2. The molecule has 2 N–H and O–H groups in total. The highest BCUT2D eigenvalue weighted by atomic mass is 19.4. The van der Waals surface area contributed by atoms with Crippen molar-refractivity contribution in [3.05, 3.63) is 30.1 Å². The van der Waals surface area contributed by atoms with Crippen LogP contribution in [0.1, 0.15) is 37.9 Å². The van der Waals surface area contributed by atoms with Gasteiger partial charge < -0.3 is 19.9 Å². The molecule has 11 heteroatoms. The van der Waals surface area contributed by atoms with Crippen LogP contribution in [-0.4, -0.2) is 81.1 Å². The van der Waals surface area contributed by atoms with E-state index >= 15 is 0 Å². The molecule has 2 aromatic rings. The summed E-state index contributed by atoms with van der Waals surface area (Å²) in [7, 11) is 1.63. The quantitative estimate of drug-likeness (QED) is 0.659. The van der Waals surface area contributed by atoms with Crippen molar-refractivity contribution in [2.45, 2.75) is 63.0 Å². The average molecular weight is 482 g/mol. The third-order valence-electron chi connectivity index (χ3n) is 6.90. The number of aliphatic hydroxyl groups excluding tert-OH is 1. The summed E-state index contributed by atoms with van der Waals surface area (Å²) < 4.78 is 41.6. The molecule has 1 aromatic carbocycles. The summed E-state index contributed by atoms with van der Waals surface area (Å²) in [5.41, 5.74) is 0.646. The maximum absolute atomic E-state index is 13.5. The maximum atomic E-state index is 13.5. The first-order valence-electron chi connectivity index (χ1n) is 11.6. The molecule has 2 aliphatic rings. The van der Waals surface area contributed by atoms with E-state index < -0.39 is 24.1 Å². The number of fused-ring (bicyclic) bond motifs is 1. The molecule has 1 aliphatic heterocycles. The number of halogens is 3. The number of rotatable bonds is 6. The van der Waals surface area contributed by atoms with Gasteiger partial charge in [-0.15, -0.1) is 0 Å². The zero-order valence-electron chi connectivity index (χ0n) is 19.1. The summed E-state index contributed by atoms with van der Waals surface area (Å²) in [4.78, 5) is 31.9. The lowest BCUT2D eigenvalue weighted by atomic mass is 9.85. The Bertz CT molecular complexity index is 1040. The molecule has 186 valence electrons. The molecule has 0 bridgehead atoms. The predicted molar refractivity (Wildman–Crippen MR) is 119 cm³/mol. The summed E-state index contributed by atoms with van der Waals surface area (Å²) in [5, 5.41) is 13.8. The van der Waals surface area contributed by atoms with Crippen LogP contribution in [0.4, 0.5) is 13.2 Å². The van der Waals surface area contributed by atoms with Gasteiger partial charge in [-0.1, -0.05) is 12.1 Å². The lowest BCUT2D eigenvalue weighted by Crippen LogP contribution is -2.61. The van der Waals surface area contributed by atoms with E-state index in [1.54, 1.807) is 25.2 Å². The maximum Gasteiger partial charge on any atom is 0.449 e. The summed E-state index contributed by atoms with van der Waals surface area (Å²) in [6.45, 7) is 1.42. The molecule has 1 aromatic heterocycles. The SMILES string of the molecule is CN(C(=O)CCCn1c(C(F)(F)F)nc2ccccc21)[C@@H]1CCC[C@@H](N2CCNC(=O)C2)[C@@H]1O. The number of nitrogens with zero attached hydrogens (tertiary/aromatic N) is 4. The lowest BCUT2D eigenvalue weighted by molar-refractivity contribution is -0.147. The molecule has 1 aliphatic carbocycles. The van der Waals surface area contributed by atoms with Crippen LogP contribution < -0.4 is 5.32 Å². The number of carbonyl (C=O) groups is 2. The van der Waals surface area contributed by atoms with Crippen LogP contribution in [0.5, 0.6) is 0 Å². The van der Waals surface area contributed by atoms with Crippen molar-refractivity contribution in [1.82, 2.24) is 24.7 Å². The Morgan fingerprint density at radius 2 is 2.06 bits per heavy atom. The second-order valence-corrected chi connectivity index (χ2v) is 9.06. The summed E-state index contributed by atoms with van der Waals surface area (Å²) >= 11 is 0. The highest BCUT2D eigenvalue weighted by molar-refractivity contribution is 5.79. The van der Waals surface area contributed by atoms with Gasteiger partial charge in [0, 0.05) is 39.1 Å². The van der Waals surface area contributed by atoms with E-state index in [1.807, 2.05) is 4.90 Å². The van der Waals surface area contributed by atoms with Gasteiger partial charge in [0.15, 0.2) is 0 Å². The second-order valence-electron chi connectivity index (χ2n) is 9.06. The van der Waals surface area contributed by atoms with Gasteiger partial charge in [0.05, 0.1) is 29.7 Å². The first-order chi connectivity index (χ1) is 16.2. The normalized spacial score (nSPS) is 24.3. The number of aliphatic hydroxyl groups is 1. The molecule has 2 heterocycles. The van der Waals surface area contributed by atoms with Gasteiger partial charge in [0.25, 0.3) is 0 Å². The van der Waals surface area contributed by atoms with Gasteiger partial charge in [-0.2, -0.15) is 13.2 Å². The number of benzene rings is 1. The number of alkyl halides is 3. The van der Waals surface area contributed by atoms with Crippen molar-refractivity contribution in [3.63, 3.8) is 0 Å². The number of hydrogen-bond acceptors (Lipinski definition) is 5. The monoisotopic (exact) mass is 481 g/mol. The Morgan fingerprint density at radius 1 is 1.29 bits per heavy atom. The van der Waals surface area contributed by atoms with E-state index in [4.69, 9.17) is 0 Å². The minimum atomic E-state index is -4.59. The van der Waals surface area contributed by atoms with Gasteiger partial charge >= 0.3 is 6.18 Å². The minimum Gasteiger partial charge on any atom is -0.389 e. The Hall–Kier alpha value is -2.66. The van der Waals surface area contributed by atoms with Crippen molar-refractivity contribution < 1.29 is 27.9 Å². The number of likely N-dealkylation sites (N-methyl/N-ethyl adjacent to an activating group) is 1. The molecule has 1 saturated heterocycles. The molecule has 8 nitrogen and oxygen atoms in total. The van der Waals surface area contributed by atoms with E-state index in [2.05, 4.69) is 10.3 Å². The Morgan fingerprint density at radius 3 is 2.79 bits per heavy atom. The highest BCUT2D eigenvalue weighted by Crippen LogP contribution is 2.32. The molecule has 4 rings (SSSR count). The summed E-state index contributed by atoms with van der Waals surface area (Å²) in [6, 6.07) is 5.82. The largest absolute Gasteiger partial charge is 0.449 e. The van der Waals surface area contributed by atoms with Crippen molar-refractivity contribution in [1.29, 1.82) is 0 Å². The van der Waals surface area contributed by atoms with Gasteiger partial charge in [-0.05, 0) is 37.8 Å².